The van der Waals surface area contributed by atoms with Gasteiger partial charge in [0.15, 0.2) is 0 Å². The van der Waals surface area contributed by atoms with E-state index < -0.39 is 0 Å². The zero-order chi connectivity index (χ0) is 8.23. The highest BCUT2D eigenvalue weighted by atomic mass is 14.7. The van der Waals surface area contributed by atoms with E-state index >= 15 is 0 Å². The van der Waals surface area contributed by atoms with Crippen LogP contribution in [0, 0.1) is 0 Å². The molecule has 58 valence electrons. The normalized spacial score (nSPS) is 24.7. The molecule has 0 fully saturated rings. The molecule has 1 aliphatic heterocycles. The summed E-state index contributed by atoms with van der Waals surface area (Å²) in [6, 6.07) is 8.08. The summed E-state index contributed by atoms with van der Waals surface area (Å²) in [5, 5.41) is 2.19. The molecule has 1 aromatic carbocycles. The number of fused-ring (bicyclic) bond motifs is 1. The summed E-state index contributed by atoms with van der Waals surface area (Å²) in [7, 11) is 0. The van der Waals surface area contributed by atoms with Crippen LogP contribution < -0.4 is 10.6 Å². The van der Waals surface area contributed by atoms with Crippen LogP contribution in [0.5, 0.6) is 0 Å². The molecule has 0 aliphatic carbocycles. The van der Waals surface area contributed by atoms with E-state index in [0.29, 0.717) is 0 Å². The summed E-state index contributed by atoms with van der Waals surface area (Å²) in [4.78, 5) is 4.28. The third-order valence-electron chi connectivity index (χ3n) is 1.73. The first kappa shape index (κ1) is 7.04. The summed E-state index contributed by atoms with van der Waals surface area (Å²) in [5.74, 6) is 0. The fourth-order valence-electron chi connectivity index (χ4n) is 1.14. The Morgan fingerprint density at radius 3 is 2.83 bits per heavy atom. The fourth-order valence-corrected chi connectivity index (χ4v) is 1.14. The molecule has 1 nitrogen and oxygen atoms in total. The van der Waals surface area contributed by atoms with Crippen LogP contribution in [-0.2, 0) is 0 Å². The second-order valence-corrected chi connectivity index (χ2v) is 2.58. The zero-order valence-electron chi connectivity index (χ0n) is 6.64. The van der Waals surface area contributed by atoms with Gasteiger partial charge >= 0.3 is 0 Å². The lowest BCUT2D eigenvalue weighted by atomic mass is 10.2. The molecule has 0 aromatic heterocycles. The van der Waals surface area contributed by atoms with Crippen LogP contribution >= 0.6 is 0 Å². The maximum absolute atomic E-state index is 4.28. The lowest BCUT2D eigenvalue weighted by molar-refractivity contribution is 1.30. The third-order valence-corrected chi connectivity index (χ3v) is 1.73. The minimum absolute atomic E-state index is 1.03. The van der Waals surface area contributed by atoms with Crippen molar-refractivity contribution in [3.63, 3.8) is 0 Å². The molecule has 0 amide bonds. The van der Waals surface area contributed by atoms with Gasteiger partial charge in [0, 0.05) is 11.4 Å². The molecule has 0 unspecified atom stereocenters. The van der Waals surface area contributed by atoms with Gasteiger partial charge < -0.3 is 0 Å². The van der Waals surface area contributed by atoms with Crippen LogP contribution in [0.1, 0.15) is 0 Å². The standard InChI is InChI=1S/C11H9N/c1-2-6-10-7-3-4-8-11(10)12-9-5-1/h1-9H/b2-1-,5-1?,6-2?,9-5-,10-6-,12-9?,12-11-. The van der Waals surface area contributed by atoms with Crippen molar-refractivity contribution in [1.29, 1.82) is 0 Å². The van der Waals surface area contributed by atoms with Gasteiger partial charge in [-0.1, -0.05) is 36.4 Å². The van der Waals surface area contributed by atoms with Crippen LogP contribution in [0.15, 0.2) is 53.7 Å². The summed E-state index contributed by atoms with van der Waals surface area (Å²) in [5.41, 5.74) is 0. The number of benzene rings is 1. The topological polar surface area (TPSA) is 12.4 Å². The molecule has 1 aliphatic rings. The lowest BCUT2D eigenvalue weighted by Crippen LogP contribution is -2.23. The predicted molar refractivity (Wildman–Crippen MR) is 50.0 cm³/mol. The average molecular weight is 155 g/mol. The monoisotopic (exact) mass is 155 g/mol. The summed E-state index contributed by atoms with van der Waals surface area (Å²) >= 11 is 0. The average Bonchev–Trinajstić information content (AvgIpc) is 2.06. The highest BCUT2D eigenvalue weighted by molar-refractivity contribution is 5.38. The van der Waals surface area contributed by atoms with E-state index in [1.165, 1.54) is 0 Å². The Bertz CT molecular complexity index is 395. The molecule has 2 rings (SSSR count). The molecule has 0 radical (unpaired) electrons. The second-order valence-electron chi connectivity index (χ2n) is 2.58. The number of allylic oxidation sites excluding steroid dienone is 3. The highest BCUT2D eigenvalue weighted by Crippen LogP contribution is 1.82. The Kier molecular flexibility index (Phi) is 1.87. The van der Waals surface area contributed by atoms with Gasteiger partial charge in [0.25, 0.3) is 0 Å². The van der Waals surface area contributed by atoms with E-state index in [2.05, 4.69) is 17.1 Å². The predicted octanol–water partition coefficient (Wildman–Crippen LogP) is 1.17. The summed E-state index contributed by atoms with van der Waals surface area (Å²) < 4.78 is 0. The SMILES string of the molecule is C1=C\C=c2\cccc\c2=N\C=C/1. The molecule has 1 heterocycles. The van der Waals surface area contributed by atoms with Crippen molar-refractivity contribution >= 4 is 6.08 Å². The molecule has 0 N–H and O–H groups in total. The van der Waals surface area contributed by atoms with E-state index in [1.54, 1.807) is 0 Å². The van der Waals surface area contributed by atoms with E-state index in [0.717, 1.165) is 10.6 Å². The van der Waals surface area contributed by atoms with Gasteiger partial charge in [-0.25, -0.2) is 0 Å². The number of rotatable bonds is 0. The molecule has 0 saturated carbocycles. The Labute approximate surface area is 71.1 Å². The van der Waals surface area contributed by atoms with Gasteiger partial charge in [-0.05, 0) is 12.1 Å². The van der Waals surface area contributed by atoms with Gasteiger partial charge in [0.1, 0.15) is 0 Å². The summed E-state index contributed by atoms with van der Waals surface area (Å²) in [6.07, 6.45) is 9.78. The van der Waals surface area contributed by atoms with E-state index in [-0.39, 0.29) is 0 Å². The smallest absolute Gasteiger partial charge is 0.0701 e. The summed E-state index contributed by atoms with van der Waals surface area (Å²) in [6.45, 7) is 0. The van der Waals surface area contributed by atoms with Gasteiger partial charge in [-0.3, -0.25) is 4.99 Å². The van der Waals surface area contributed by atoms with Crippen LogP contribution in [0.2, 0.25) is 0 Å². The number of para-hydroxylation sites is 1. The molecular formula is C11H9N. The molecule has 0 bridgehead atoms. The van der Waals surface area contributed by atoms with Crippen molar-refractivity contribution in [2.75, 3.05) is 0 Å². The first-order chi connectivity index (χ1) is 5.97. The Morgan fingerprint density at radius 2 is 1.83 bits per heavy atom. The van der Waals surface area contributed by atoms with Gasteiger partial charge in [0.05, 0.1) is 5.36 Å². The Hall–Kier alpha value is -1.63. The van der Waals surface area contributed by atoms with Crippen molar-refractivity contribution in [2.24, 2.45) is 4.99 Å². The van der Waals surface area contributed by atoms with Crippen molar-refractivity contribution < 1.29 is 0 Å². The fraction of sp³-hybridized carbons (Fsp3) is 0. The van der Waals surface area contributed by atoms with E-state index in [1.807, 2.05) is 42.6 Å². The molecule has 0 atom stereocenters. The highest BCUT2D eigenvalue weighted by Gasteiger charge is 1.83. The second kappa shape index (κ2) is 3.18. The minimum atomic E-state index is 1.03. The largest absolute Gasteiger partial charge is 0.256 e. The molecule has 0 spiro atoms. The quantitative estimate of drug-likeness (QED) is 0.533. The molecule has 12 heavy (non-hydrogen) atoms. The maximum Gasteiger partial charge on any atom is 0.0701 e. The first-order valence-corrected chi connectivity index (χ1v) is 3.93. The molecule has 1 aromatic rings. The number of hydrogen-bond donors (Lipinski definition) is 0. The van der Waals surface area contributed by atoms with Gasteiger partial charge in [0.2, 0.25) is 0 Å². The van der Waals surface area contributed by atoms with Crippen LogP contribution in [0.4, 0.5) is 0 Å². The Balaban J connectivity index is 2.80. The van der Waals surface area contributed by atoms with Crippen molar-refractivity contribution in [2.45, 2.75) is 0 Å². The van der Waals surface area contributed by atoms with Crippen LogP contribution in [-0.4, -0.2) is 0 Å². The molecule has 0 saturated heterocycles. The van der Waals surface area contributed by atoms with Gasteiger partial charge in [-0.2, -0.15) is 0 Å². The third kappa shape index (κ3) is 1.35. The van der Waals surface area contributed by atoms with Crippen LogP contribution in [0.25, 0.3) is 6.08 Å². The van der Waals surface area contributed by atoms with Crippen molar-refractivity contribution in [1.82, 2.24) is 0 Å². The van der Waals surface area contributed by atoms with Gasteiger partial charge in [-0.15, -0.1) is 0 Å². The Morgan fingerprint density at radius 1 is 0.917 bits per heavy atom. The minimum Gasteiger partial charge on any atom is -0.256 e. The van der Waals surface area contributed by atoms with E-state index in [9.17, 15) is 0 Å². The van der Waals surface area contributed by atoms with Crippen molar-refractivity contribution in [3.8, 4) is 0 Å². The number of hydrogen-bond acceptors (Lipinski definition) is 1. The van der Waals surface area contributed by atoms with Crippen LogP contribution in [0.3, 0.4) is 0 Å². The molecule has 1 heteroatoms. The zero-order valence-corrected chi connectivity index (χ0v) is 6.64. The molecular weight excluding hydrogens is 146 g/mol. The maximum atomic E-state index is 4.28. The van der Waals surface area contributed by atoms with Crippen molar-refractivity contribution in [3.05, 3.63) is 59.3 Å². The first-order valence-electron chi connectivity index (χ1n) is 3.93. The van der Waals surface area contributed by atoms with E-state index in [4.69, 9.17) is 0 Å². The number of nitrogens with zero attached hydrogens (tertiary/aromatic N) is 1. The lowest BCUT2D eigenvalue weighted by Gasteiger charge is -1.88.